The zero-order valence-corrected chi connectivity index (χ0v) is 18.8. The van der Waals surface area contributed by atoms with E-state index in [2.05, 4.69) is 58.4 Å². The van der Waals surface area contributed by atoms with Gasteiger partial charge in [0.25, 0.3) is 0 Å². The van der Waals surface area contributed by atoms with Gasteiger partial charge in [0.15, 0.2) is 0 Å². The van der Waals surface area contributed by atoms with Crippen LogP contribution in [0.5, 0.6) is 0 Å². The molecule has 1 fully saturated rings. The Morgan fingerprint density at radius 2 is 1.57 bits per heavy atom. The molecule has 0 bridgehead atoms. The molecule has 0 N–H and O–H groups in total. The number of rotatable bonds is 5. The Labute approximate surface area is 193 Å². The van der Waals surface area contributed by atoms with Crippen LogP contribution in [-0.4, -0.2) is 31.1 Å². The molecular formula is C25H23Cl3N2. The van der Waals surface area contributed by atoms with Gasteiger partial charge in [-0.2, -0.15) is 0 Å². The number of benzene rings is 3. The summed E-state index contributed by atoms with van der Waals surface area (Å²) in [5.74, 6) is 0. The molecule has 4 rings (SSSR count). The van der Waals surface area contributed by atoms with E-state index >= 15 is 0 Å². The van der Waals surface area contributed by atoms with Crippen LogP contribution in [0.3, 0.4) is 0 Å². The minimum absolute atomic E-state index is 0.180. The topological polar surface area (TPSA) is 6.48 Å². The molecule has 1 atom stereocenters. The van der Waals surface area contributed by atoms with Gasteiger partial charge in [-0.3, -0.25) is 4.90 Å². The van der Waals surface area contributed by atoms with E-state index in [1.165, 1.54) is 11.1 Å². The van der Waals surface area contributed by atoms with Crippen molar-refractivity contribution in [2.75, 3.05) is 31.1 Å². The summed E-state index contributed by atoms with van der Waals surface area (Å²) in [6, 6.07) is 24.4. The van der Waals surface area contributed by atoms with E-state index in [0.717, 1.165) is 36.9 Å². The van der Waals surface area contributed by atoms with E-state index in [0.29, 0.717) is 10.0 Å². The Bertz CT molecular complexity index is 1000. The maximum Gasteiger partial charge on any atom is 0.0670 e. The van der Waals surface area contributed by atoms with Crippen molar-refractivity contribution in [3.63, 3.8) is 0 Å². The van der Waals surface area contributed by atoms with Crippen molar-refractivity contribution in [3.05, 3.63) is 105 Å². The summed E-state index contributed by atoms with van der Waals surface area (Å²) in [5.41, 5.74) is 3.46. The molecule has 30 heavy (non-hydrogen) atoms. The predicted octanol–water partition coefficient (Wildman–Crippen LogP) is 7.22. The average molecular weight is 458 g/mol. The highest BCUT2D eigenvalue weighted by Gasteiger charge is 2.29. The number of nitrogens with zero attached hydrogens (tertiary/aromatic N) is 2. The first-order chi connectivity index (χ1) is 14.6. The van der Waals surface area contributed by atoms with Gasteiger partial charge in [0, 0.05) is 36.2 Å². The van der Waals surface area contributed by atoms with Gasteiger partial charge < -0.3 is 4.90 Å². The zero-order valence-electron chi connectivity index (χ0n) is 16.5. The normalized spacial score (nSPS) is 17.6. The van der Waals surface area contributed by atoms with E-state index in [1.807, 2.05) is 36.4 Å². The van der Waals surface area contributed by atoms with E-state index in [9.17, 15) is 0 Å². The Balaban J connectivity index is 1.55. The van der Waals surface area contributed by atoms with Crippen LogP contribution in [0.2, 0.25) is 15.1 Å². The summed E-state index contributed by atoms with van der Waals surface area (Å²) in [6.07, 6.45) is 4.42. The van der Waals surface area contributed by atoms with Crippen molar-refractivity contribution in [1.82, 2.24) is 4.90 Å². The molecule has 154 valence electrons. The van der Waals surface area contributed by atoms with Crippen LogP contribution in [0.15, 0.2) is 78.9 Å². The maximum absolute atomic E-state index is 6.56. The molecule has 3 aromatic rings. The third-order valence-corrected chi connectivity index (χ3v) is 6.20. The molecule has 0 aromatic heterocycles. The molecule has 5 heteroatoms. The minimum Gasteiger partial charge on any atom is -0.361 e. The third kappa shape index (κ3) is 5.19. The molecule has 0 aliphatic carbocycles. The second-order valence-electron chi connectivity index (χ2n) is 7.43. The number of hydrogen-bond acceptors (Lipinski definition) is 2. The highest BCUT2D eigenvalue weighted by Crippen LogP contribution is 2.36. The van der Waals surface area contributed by atoms with Gasteiger partial charge >= 0.3 is 0 Å². The first-order valence-electron chi connectivity index (χ1n) is 10.0. The Morgan fingerprint density at radius 3 is 2.30 bits per heavy atom. The van der Waals surface area contributed by atoms with Crippen molar-refractivity contribution >= 4 is 46.6 Å². The number of anilines is 1. The lowest BCUT2D eigenvalue weighted by atomic mass is 10.0. The number of hydrogen-bond donors (Lipinski definition) is 0. The lowest BCUT2D eigenvalue weighted by Gasteiger charge is -2.43. The van der Waals surface area contributed by atoms with Gasteiger partial charge in [-0.1, -0.05) is 89.4 Å². The summed E-state index contributed by atoms with van der Waals surface area (Å²) in [4.78, 5) is 4.85. The fourth-order valence-electron chi connectivity index (χ4n) is 3.88. The van der Waals surface area contributed by atoms with Crippen LogP contribution in [0, 0.1) is 0 Å². The smallest absolute Gasteiger partial charge is 0.0670 e. The number of halogens is 3. The van der Waals surface area contributed by atoms with Gasteiger partial charge in [0.1, 0.15) is 0 Å². The Kier molecular flexibility index (Phi) is 7.01. The first-order valence-corrected chi connectivity index (χ1v) is 11.1. The maximum atomic E-state index is 6.56. The summed E-state index contributed by atoms with van der Waals surface area (Å²) in [6.45, 7) is 3.65. The average Bonchev–Trinajstić information content (AvgIpc) is 2.75. The molecule has 1 aliphatic rings. The Morgan fingerprint density at radius 1 is 0.833 bits per heavy atom. The van der Waals surface area contributed by atoms with Gasteiger partial charge in [0.2, 0.25) is 0 Å². The number of piperazine rings is 1. The molecular weight excluding hydrogens is 435 g/mol. The quantitative estimate of drug-likeness (QED) is 0.399. The van der Waals surface area contributed by atoms with Crippen LogP contribution in [0.1, 0.15) is 17.2 Å². The highest BCUT2D eigenvalue weighted by atomic mass is 35.5. The standard InChI is InChI=1S/C25H23Cl3N2/c26-21-10-8-20(9-11-21)25-18-29(14-4-7-19-5-2-1-3-6-19)15-16-30(25)24-13-12-22(27)17-23(24)28/h1-13,17,25H,14-16,18H2/b7-4+. The molecule has 1 saturated heterocycles. The fourth-order valence-corrected chi connectivity index (χ4v) is 4.52. The fraction of sp³-hybridized carbons (Fsp3) is 0.200. The molecule has 2 nitrogen and oxygen atoms in total. The van der Waals surface area contributed by atoms with Gasteiger partial charge in [-0.25, -0.2) is 0 Å². The second-order valence-corrected chi connectivity index (χ2v) is 8.71. The molecule has 1 unspecified atom stereocenters. The van der Waals surface area contributed by atoms with Crippen LogP contribution >= 0.6 is 34.8 Å². The van der Waals surface area contributed by atoms with Gasteiger partial charge in [-0.05, 0) is 41.5 Å². The SMILES string of the molecule is Clc1ccc(C2CN(C/C=C/c3ccccc3)CCN2c2ccc(Cl)cc2Cl)cc1. The minimum atomic E-state index is 0.180. The highest BCUT2D eigenvalue weighted by molar-refractivity contribution is 6.36. The summed E-state index contributed by atoms with van der Waals surface area (Å²) < 4.78 is 0. The van der Waals surface area contributed by atoms with Crippen molar-refractivity contribution in [1.29, 1.82) is 0 Å². The summed E-state index contributed by atoms with van der Waals surface area (Å²) in [5, 5.41) is 2.07. The summed E-state index contributed by atoms with van der Waals surface area (Å²) in [7, 11) is 0. The lowest BCUT2D eigenvalue weighted by Crippen LogP contribution is -2.48. The van der Waals surface area contributed by atoms with Crippen LogP contribution in [-0.2, 0) is 0 Å². The third-order valence-electron chi connectivity index (χ3n) is 5.41. The van der Waals surface area contributed by atoms with E-state index in [-0.39, 0.29) is 6.04 Å². The van der Waals surface area contributed by atoms with Crippen molar-refractivity contribution in [2.24, 2.45) is 0 Å². The summed E-state index contributed by atoms with van der Waals surface area (Å²) >= 11 is 18.8. The molecule has 0 spiro atoms. The molecule has 3 aromatic carbocycles. The van der Waals surface area contributed by atoms with Crippen LogP contribution in [0.25, 0.3) is 6.08 Å². The molecule has 0 radical (unpaired) electrons. The monoisotopic (exact) mass is 456 g/mol. The zero-order chi connectivity index (χ0) is 20.9. The second kappa shape index (κ2) is 9.89. The van der Waals surface area contributed by atoms with E-state index in [4.69, 9.17) is 34.8 Å². The van der Waals surface area contributed by atoms with E-state index in [1.54, 1.807) is 0 Å². The molecule has 1 aliphatic heterocycles. The molecule has 0 amide bonds. The van der Waals surface area contributed by atoms with Gasteiger partial charge in [0.05, 0.1) is 16.8 Å². The molecule has 0 saturated carbocycles. The van der Waals surface area contributed by atoms with E-state index < -0.39 is 0 Å². The Hall–Kier alpha value is -1.97. The predicted molar refractivity (Wildman–Crippen MR) is 130 cm³/mol. The van der Waals surface area contributed by atoms with Crippen molar-refractivity contribution in [3.8, 4) is 0 Å². The lowest BCUT2D eigenvalue weighted by molar-refractivity contribution is 0.245. The van der Waals surface area contributed by atoms with Crippen LogP contribution in [0.4, 0.5) is 5.69 Å². The van der Waals surface area contributed by atoms with Crippen LogP contribution < -0.4 is 4.90 Å². The van der Waals surface area contributed by atoms with Gasteiger partial charge in [-0.15, -0.1) is 0 Å². The van der Waals surface area contributed by atoms with Crippen molar-refractivity contribution < 1.29 is 0 Å². The van der Waals surface area contributed by atoms with Crippen molar-refractivity contribution in [2.45, 2.75) is 6.04 Å². The molecule has 1 heterocycles. The largest absolute Gasteiger partial charge is 0.361 e. The first kappa shape index (κ1) is 21.3.